The summed E-state index contributed by atoms with van der Waals surface area (Å²) in [5, 5.41) is 11.0. The minimum Gasteiger partial charge on any atom is -0.469 e. The molecule has 0 saturated heterocycles. The van der Waals surface area contributed by atoms with E-state index in [-0.39, 0.29) is 0 Å². The summed E-state index contributed by atoms with van der Waals surface area (Å²) in [5.41, 5.74) is 2.20. The van der Waals surface area contributed by atoms with E-state index in [9.17, 15) is 5.11 Å². The molecule has 0 saturated carbocycles. The fourth-order valence-corrected chi connectivity index (χ4v) is 2.86. The highest BCUT2D eigenvalue weighted by atomic mass is 16.3. The standard InChI is InChI=1S/C15H16O2/c1-11-5-2-3-6-12(11)15(16)9-4-7-14-13(15)8-10-17-14/h2-3,5-6,8,10,16H,4,7,9H2,1H3. The van der Waals surface area contributed by atoms with Crippen LogP contribution in [0.25, 0.3) is 0 Å². The van der Waals surface area contributed by atoms with E-state index < -0.39 is 5.60 Å². The normalized spacial score (nSPS) is 23.4. The maximum absolute atomic E-state index is 11.0. The molecule has 88 valence electrons. The van der Waals surface area contributed by atoms with E-state index in [0.29, 0.717) is 0 Å². The van der Waals surface area contributed by atoms with Gasteiger partial charge in [0.15, 0.2) is 0 Å². The van der Waals surface area contributed by atoms with Gasteiger partial charge in [-0.15, -0.1) is 0 Å². The molecule has 1 unspecified atom stereocenters. The Morgan fingerprint density at radius 3 is 2.82 bits per heavy atom. The van der Waals surface area contributed by atoms with Crippen molar-refractivity contribution in [2.45, 2.75) is 31.8 Å². The first-order valence-corrected chi connectivity index (χ1v) is 6.07. The summed E-state index contributed by atoms with van der Waals surface area (Å²) in [6.07, 6.45) is 4.34. The number of rotatable bonds is 1. The van der Waals surface area contributed by atoms with Gasteiger partial charge in [0.1, 0.15) is 11.4 Å². The van der Waals surface area contributed by atoms with Crippen molar-refractivity contribution in [3.63, 3.8) is 0 Å². The number of benzene rings is 1. The summed E-state index contributed by atoms with van der Waals surface area (Å²) >= 11 is 0. The third-order valence-corrected chi connectivity index (χ3v) is 3.72. The Bertz CT molecular complexity index is 541. The quantitative estimate of drug-likeness (QED) is 0.813. The highest BCUT2D eigenvalue weighted by molar-refractivity contribution is 5.42. The Morgan fingerprint density at radius 2 is 2.00 bits per heavy atom. The topological polar surface area (TPSA) is 33.4 Å². The van der Waals surface area contributed by atoms with E-state index in [1.54, 1.807) is 6.26 Å². The molecular formula is C15H16O2. The first-order chi connectivity index (χ1) is 8.22. The number of fused-ring (bicyclic) bond motifs is 1. The second kappa shape index (κ2) is 3.74. The predicted molar refractivity (Wildman–Crippen MR) is 65.8 cm³/mol. The minimum absolute atomic E-state index is 0.768. The summed E-state index contributed by atoms with van der Waals surface area (Å²) in [6.45, 7) is 2.04. The van der Waals surface area contributed by atoms with Crippen LogP contribution in [0.15, 0.2) is 41.0 Å². The molecular weight excluding hydrogens is 212 g/mol. The maximum Gasteiger partial charge on any atom is 0.118 e. The van der Waals surface area contributed by atoms with Gasteiger partial charge >= 0.3 is 0 Å². The van der Waals surface area contributed by atoms with E-state index in [1.807, 2.05) is 37.3 Å². The molecule has 1 aromatic carbocycles. The van der Waals surface area contributed by atoms with Gasteiger partial charge in [-0.3, -0.25) is 0 Å². The van der Waals surface area contributed by atoms with Crippen LogP contribution in [0.1, 0.15) is 35.3 Å². The van der Waals surface area contributed by atoms with Crippen molar-refractivity contribution < 1.29 is 9.52 Å². The van der Waals surface area contributed by atoms with Crippen molar-refractivity contribution in [3.8, 4) is 0 Å². The fourth-order valence-electron chi connectivity index (χ4n) is 2.86. The summed E-state index contributed by atoms with van der Waals surface area (Å²) < 4.78 is 5.45. The highest BCUT2D eigenvalue weighted by Crippen LogP contribution is 2.41. The molecule has 0 fully saturated rings. The number of aliphatic hydroxyl groups is 1. The molecule has 2 aromatic rings. The van der Waals surface area contributed by atoms with Gasteiger partial charge in [0.25, 0.3) is 0 Å². The first kappa shape index (κ1) is 10.6. The van der Waals surface area contributed by atoms with Crippen molar-refractivity contribution in [1.82, 2.24) is 0 Å². The molecule has 0 radical (unpaired) electrons. The lowest BCUT2D eigenvalue weighted by Gasteiger charge is -2.33. The van der Waals surface area contributed by atoms with Crippen molar-refractivity contribution >= 4 is 0 Å². The largest absolute Gasteiger partial charge is 0.469 e. The molecule has 0 amide bonds. The molecule has 17 heavy (non-hydrogen) atoms. The fraction of sp³-hybridized carbons (Fsp3) is 0.333. The first-order valence-electron chi connectivity index (χ1n) is 6.07. The van der Waals surface area contributed by atoms with Gasteiger partial charge in [-0.1, -0.05) is 24.3 Å². The summed E-state index contributed by atoms with van der Waals surface area (Å²) in [4.78, 5) is 0. The molecule has 2 nitrogen and oxygen atoms in total. The van der Waals surface area contributed by atoms with Crippen LogP contribution in [0.4, 0.5) is 0 Å². The third-order valence-electron chi connectivity index (χ3n) is 3.72. The molecule has 1 atom stereocenters. The number of furan rings is 1. The van der Waals surface area contributed by atoms with Gasteiger partial charge in [0, 0.05) is 12.0 Å². The summed E-state index contributed by atoms with van der Waals surface area (Å²) in [7, 11) is 0. The van der Waals surface area contributed by atoms with E-state index >= 15 is 0 Å². The monoisotopic (exact) mass is 228 g/mol. The van der Waals surface area contributed by atoms with E-state index in [4.69, 9.17) is 4.42 Å². The van der Waals surface area contributed by atoms with Crippen LogP contribution in [0.2, 0.25) is 0 Å². The molecule has 1 aromatic heterocycles. The van der Waals surface area contributed by atoms with Gasteiger partial charge < -0.3 is 9.52 Å². The minimum atomic E-state index is -0.869. The van der Waals surface area contributed by atoms with Crippen LogP contribution in [0.3, 0.4) is 0 Å². The Labute approximate surface area is 101 Å². The van der Waals surface area contributed by atoms with Crippen LogP contribution < -0.4 is 0 Å². The molecule has 0 bridgehead atoms. The van der Waals surface area contributed by atoms with Crippen LogP contribution in [0, 0.1) is 6.92 Å². The van der Waals surface area contributed by atoms with Crippen LogP contribution >= 0.6 is 0 Å². The molecule has 1 heterocycles. The van der Waals surface area contributed by atoms with Crippen molar-refractivity contribution in [2.24, 2.45) is 0 Å². The van der Waals surface area contributed by atoms with E-state index in [0.717, 1.165) is 41.7 Å². The van der Waals surface area contributed by atoms with Crippen LogP contribution in [-0.2, 0) is 12.0 Å². The van der Waals surface area contributed by atoms with Gasteiger partial charge in [0.05, 0.1) is 6.26 Å². The average molecular weight is 228 g/mol. The number of hydrogen-bond acceptors (Lipinski definition) is 2. The van der Waals surface area contributed by atoms with Gasteiger partial charge in [-0.25, -0.2) is 0 Å². The SMILES string of the molecule is Cc1ccccc1C1(O)CCCc2occc21. The molecule has 0 spiro atoms. The molecule has 2 heteroatoms. The molecule has 0 aliphatic heterocycles. The second-order valence-electron chi connectivity index (χ2n) is 4.79. The molecule has 1 aliphatic rings. The van der Waals surface area contributed by atoms with E-state index in [1.165, 1.54) is 0 Å². The Kier molecular flexibility index (Phi) is 2.33. The van der Waals surface area contributed by atoms with E-state index in [2.05, 4.69) is 0 Å². The number of hydrogen-bond donors (Lipinski definition) is 1. The number of aryl methyl sites for hydroxylation is 2. The highest BCUT2D eigenvalue weighted by Gasteiger charge is 2.38. The molecule has 1 aliphatic carbocycles. The Morgan fingerprint density at radius 1 is 1.18 bits per heavy atom. The maximum atomic E-state index is 11.0. The van der Waals surface area contributed by atoms with Crippen molar-refractivity contribution in [3.05, 3.63) is 59.0 Å². The van der Waals surface area contributed by atoms with Gasteiger partial charge in [0.2, 0.25) is 0 Å². The van der Waals surface area contributed by atoms with Gasteiger partial charge in [-0.2, -0.15) is 0 Å². The zero-order valence-electron chi connectivity index (χ0n) is 9.94. The zero-order chi connectivity index (χ0) is 11.9. The average Bonchev–Trinajstić information content (AvgIpc) is 2.79. The third kappa shape index (κ3) is 1.52. The second-order valence-corrected chi connectivity index (χ2v) is 4.79. The lowest BCUT2D eigenvalue weighted by Crippen LogP contribution is -2.31. The van der Waals surface area contributed by atoms with Crippen molar-refractivity contribution in [2.75, 3.05) is 0 Å². The molecule has 3 rings (SSSR count). The molecule has 1 N–H and O–H groups in total. The lowest BCUT2D eigenvalue weighted by molar-refractivity contribution is 0.0583. The van der Waals surface area contributed by atoms with Crippen LogP contribution in [-0.4, -0.2) is 5.11 Å². The Balaban J connectivity index is 2.18. The Hall–Kier alpha value is -1.54. The smallest absolute Gasteiger partial charge is 0.118 e. The predicted octanol–water partition coefficient (Wildman–Crippen LogP) is 3.16. The summed E-state index contributed by atoms with van der Waals surface area (Å²) in [5.74, 6) is 0.932. The van der Waals surface area contributed by atoms with Crippen LogP contribution in [0.5, 0.6) is 0 Å². The van der Waals surface area contributed by atoms with Crippen molar-refractivity contribution in [1.29, 1.82) is 0 Å². The lowest BCUT2D eigenvalue weighted by atomic mass is 9.76. The summed E-state index contributed by atoms with van der Waals surface area (Å²) in [6, 6.07) is 9.94. The zero-order valence-corrected chi connectivity index (χ0v) is 9.94. The van der Waals surface area contributed by atoms with Gasteiger partial charge in [-0.05, 0) is 37.0 Å².